The number of fused-ring (bicyclic) bond motifs is 2. The number of thiazole rings is 2. The van der Waals surface area contributed by atoms with E-state index in [-0.39, 0.29) is 0 Å². The second-order valence-corrected chi connectivity index (χ2v) is 7.96. The molecule has 0 spiro atoms. The van der Waals surface area contributed by atoms with Gasteiger partial charge in [0.1, 0.15) is 5.75 Å². The van der Waals surface area contributed by atoms with Crippen LogP contribution < -0.4 is 10.1 Å². The third kappa shape index (κ3) is 3.45. The number of anilines is 2. The van der Waals surface area contributed by atoms with E-state index in [1.165, 1.54) is 23.1 Å². The van der Waals surface area contributed by atoms with Gasteiger partial charge in [0, 0.05) is 0 Å². The van der Waals surface area contributed by atoms with Crippen molar-refractivity contribution in [2.45, 2.75) is 26.2 Å². The predicted molar refractivity (Wildman–Crippen MR) is 108 cm³/mol. The SMILES string of the molecule is CCCCc1ccc2nc(Nc3nc4ccc(OC)cc4s3)sc2c1. The molecule has 25 heavy (non-hydrogen) atoms. The summed E-state index contributed by atoms with van der Waals surface area (Å²) in [4.78, 5) is 9.31. The van der Waals surface area contributed by atoms with Crippen LogP contribution in [0.4, 0.5) is 10.3 Å². The standard InChI is InChI=1S/C19H19N3OS2/c1-3-4-5-12-6-8-14-16(10-12)24-18(20-14)22-19-21-15-9-7-13(23-2)11-17(15)25-19/h6-11H,3-5H2,1-2H3,(H,20,21,22). The van der Waals surface area contributed by atoms with Crippen LogP contribution >= 0.6 is 22.7 Å². The summed E-state index contributed by atoms with van der Waals surface area (Å²) in [6.07, 6.45) is 3.58. The minimum absolute atomic E-state index is 0.849. The lowest BCUT2D eigenvalue weighted by atomic mass is 10.1. The summed E-state index contributed by atoms with van der Waals surface area (Å²) in [5.41, 5.74) is 3.39. The Hall–Kier alpha value is -2.18. The van der Waals surface area contributed by atoms with Crippen molar-refractivity contribution in [1.82, 2.24) is 9.97 Å². The monoisotopic (exact) mass is 369 g/mol. The van der Waals surface area contributed by atoms with E-state index >= 15 is 0 Å². The number of hydrogen-bond donors (Lipinski definition) is 1. The molecule has 4 nitrogen and oxygen atoms in total. The van der Waals surface area contributed by atoms with Gasteiger partial charge in [-0.25, -0.2) is 9.97 Å². The first-order chi connectivity index (χ1) is 12.2. The lowest BCUT2D eigenvalue weighted by molar-refractivity contribution is 0.415. The maximum absolute atomic E-state index is 5.28. The molecule has 4 rings (SSSR count). The number of aromatic nitrogens is 2. The third-order valence-electron chi connectivity index (χ3n) is 4.08. The molecule has 0 atom stereocenters. The van der Waals surface area contributed by atoms with Gasteiger partial charge < -0.3 is 10.1 Å². The molecule has 0 unspecified atom stereocenters. The van der Waals surface area contributed by atoms with Gasteiger partial charge in [-0.05, 0) is 48.7 Å². The van der Waals surface area contributed by atoms with Gasteiger partial charge in [0.25, 0.3) is 0 Å². The van der Waals surface area contributed by atoms with Gasteiger partial charge in [0.2, 0.25) is 0 Å². The van der Waals surface area contributed by atoms with Gasteiger partial charge >= 0.3 is 0 Å². The molecule has 0 aliphatic carbocycles. The van der Waals surface area contributed by atoms with Crippen molar-refractivity contribution in [3.05, 3.63) is 42.0 Å². The number of nitrogens with one attached hydrogen (secondary N) is 1. The van der Waals surface area contributed by atoms with E-state index in [1.54, 1.807) is 29.8 Å². The second-order valence-electron chi connectivity index (χ2n) is 5.90. The van der Waals surface area contributed by atoms with E-state index in [1.807, 2.05) is 18.2 Å². The first-order valence-electron chi connectivity index (χ1n) is 8.36. The Morgan fingerprint density at radius 3 is 2.32 bits per heavy atom. The van der Waals surface area contributed by atoms with Crippen LogP contribution in [-0.2, 0) is 6.42 Å². The van der Waals surface area contributed by atoms with Crippen molar-refractivity contribution in [2.24, 2.45) is 0 Å². The van der Waals surface area contributed by atoms with Gasteiger partial charge in [0.05, 0.1) is 27.5 Å². The minimum Gasteiger partial charge on any atom is -0.497 e. The second kappa shape index (κ2) is 6.98. The van der Waals surface area contributed by atoms with E-state index in [0.717, 1.165) is 38.2 Å². The van der Waals surface area contributed by atoms with Crippen molar-refractivity contribution >= 4 is 53.4 Å². The molecule has 0 aliphatic heterocycles. The topological polar surface area (TPSA) is 47.0 Å². The van der Waals surface area contributed by atoms with Gasteiger partial charge in [0.15, 0.2) is 10.3 Å². The van der Waals surface area contributed by atoms with E-state index in [9.17, 15) is 0 Å². The molecule has 0 amide bonds. The number of rotatable bonds is 6. The Kier molecular flexibility index (Phi) is 4.55. The zero-order valence-corrected chi connectivity index (χ0v) is 15.8. The van der Waals surface area contributed by atoms with Crippen molar-refractivity contribution in [1.29, 1.82) is 0 Å². The molecule has 0 saturated heterocycles. The average Bonchev–Trinajstić information content (AvgIpc) is 3.21. The molecule has 2 aromatic carbocycles. The molecular weight excluding hydrogens is 350 g/mol. The van der Waals surface area contributed by atoms with Gasteiger partial charge in [-0.15, -0.1) is 0 Å². The van der Waals surface area contributed by atoms with Crippen molar-refractivity contribution in [2.75, 3.05) is 12.4 Å². The lowest BCUT2D eigenvalue weighted by Crippen LogP contribution is -1.87. The van der Waals surface area contributed by atoms with Crippen LogP contribution in [0.1, 0.15) is 25.3 Å². The zero-order chi connectivity index (χ0) is 17.2. The number of aryl methyl sites for hydroxylation is 1. The van der Waals surface area contributed by atoms with E-state index in [0.29, 0.717) is 0 Å². The molecule has 6 heteroatoms. The summed E-state index contributed by atoms with van der Waals surface area (Å²) in [6, 6.07) is 12.5. The molecule has 0 fully saturated rings. The normalized spacial score (nSPS) is 11.3. The van der Waals surface area contributed by atoms with Gasteiger partial charge in [-0.2, -0.15) is 0 Å². The van der Waals surface area contributed by atoms with Crippen molar-refractivity contribution < 1.29 is 4.74 Å². The molecule has 0 saturated carbocycles. The first kappa shape index (κ1) is 16.3. The Labute approximate surface area is 154 Å². The highest BCUT2D eigenvalue weighted by Crippen LogP contribution is 2.34. The Morgan fingerprint density at radius 2 is 1.64 bits per heavy atom. The molecule has 0 aliphatic rings. The number of hydrogen-bond acceptors (Lipinski definition) is 6. The summed E-state index contributed by atoms with van der Waals surface area (Å²) in [6.45, 7) is 2.22. The number of nitrogens with zero attached hydrogens (tertiary/aromatic N) is 2. The summed E-state index contributed by atoms with van der Waals surface area (Å²) in [7, 11) is 1.68. The maximum atomic E-state index is 5.28. The van der Waals surface area contributed by atoms with Gasteiger partial charge in [-0.1, -0.05) is 42.1 Å². The smallest absolute Gasteiger partial charge is 0.190 e. The van der Waals surface area contributed by atoms with Crippen LogP contribution in [0.5, 0.6) is 5.75 Å². The summed E-state index contributed by atoms with van der Waals surface area (Å²) >= 11 is 3.29. The highest BCUT2D eigenvalue weighted by atomic mass is 32.1. The van der Waals surface area contributed by atoms with Crippen LogP contribution in [0.3, 0.4) is 0 Å². The highest BCUT2D eigenvalue weighted by Gasteiger charge is 2.09. The Balaban J connectivity index is 1.59. The van der Waals surface area contributed by atoms with Crippen molar-refractivity contribution in [3.8, 4) is 5.75 Å². The fraction of sp³-hybridized carbons (Fsp3) is 0.263. The zero-order valence-electron chi connectivity index (χ0n) is 14.2. The lowest BCUT2D eigenvalue weighted by Gasteiger charge is -1.98. The van der Waals surface area contributed by atoms with Crippen LogP contribution in [0.15, 0.2) is 36.4 Å². The summed E-state index contributed by atoms with van der Waals surface area (Å²) in [5, 5.41) is 5.10. The molecule has 128 valence electrons. The average molecular weight is 370 g/mol. The Morgan fingerprint density at radius 1 is 0.960 bits per heavy atom. The first-order valence-corrected chi connectivity index (χ1v) is 9.99. The summed E-state index contributed by atoms with van der Waals surface area (Å²) in [5.74, 6) is 0.849. The molecule has 2 heterocycles. The molecule has 2 aromatic heterocycles. The molecule has 0 radical (unpaired) electrons. The van der Waals surface area contributed by atoms with Crippen LogP contribution in [-0.4, -0.2) is 17.1 Å². The fourth-order valence-corrected chi connectivity index (χ4v) is 4.62. The Bertz CT molecular complexity index is 1020. The predicted octanol–water partition coefficient (Wildman–Crippen LogP) is 6.00. The molecule has 0 bridgehead atoms. The van der Waals surface area contributed by atoms with E-state index < -0.39 is 0 Å². The molecular formula is C19H19N3OS2. The number of ether oxygens (including phenoxy) is 1. The quantitative estimate of drug-likeness (QED) is 0.453. The third-order valence-corrected chi connectivity index (χ3v) is 5.95. The summed E-state index contributed by atoms with van der Waals surface area (Å²) < 4.78 is 7.60. The minimum atomic E-state index is 0.849. The fourth-order valence-electron chi connectivity index (χ4n) is 2.74. The van der Waals surface area contributed by atoms with Crippen molar-refractivity contribution in [3.63, 3.8) is 0 Å². The number of unbranched alkanes of at least 4 members (excludes halogenated alkanes) is 1. The van der Waals surface area contributed by atoms with E-state index in [2.05, 4.69) is 40.4 Å². The van der Waals surface area contributed by atoms with Crippen LogP contribution in [0.25, 0.3) is 20.4 Å². The maximum Gasteiger partial charge on any atom is 0.190 e. The van der Waals surface area contributed by atoms with Crippen LogP contribution in [0.2, 0.25) is 0 Å². The molecule has 1 N–H and O–H groups in total. The largest absolute Gasteiger partial charge is 0.497 e. The van der Waals surface area contributed by atoms with Gasteiger partial charge in [-0.3, -0.25) is 0 Å². The molecule has 4 aromatic rings. The number of methoxy groups -OCH3 is 1. The van der Waals surface area contributed by atoms with Crippen LogP contribution in [0, 0.1) is 0 Å². The highest BCUT2D eigenvalue weighted by molar-refractivity contribution is 7.24. The van der Waals surface area contributed by atoms with E-state index in [4.69, 9.17) is 4.74 Å². The number of benzene rings is 2.